The van der Waals surface area contributed by atoms with Crippen molar-refractivity contribution in [3.63, 3.8) is 0 Å². The van der Waals surface area contributed by atoms with Crippen molar-refractivity contribution in [2.45, 2.75) is 355 Å². The Bertz CT molecular complexity index is 942. The average Bonchev–Trinajstić information content (AvgIpc) is 3.31. The van der Waals surface area contributed by atoms with E-state index in [4.69, 9.17) is 9.47 Å². The molecule has 0 aliphatic rings. The van der Waals surface area contributed by atoms with Crippen LogP contribution in [0, 0.1) is 6.92 Å². The van der Waals surface area contributed by atoms with Crippen LogP contribution in [0.25, 0.3) is 0 Å². The molecule has 0 aliphatic heterocycles. The lowest BCUT2D eigenvalue weighted by Gasteiger charge is -2.11. The molecule has 0 saturated carbocycles. The van der Waals surface area contributed by atoms with Crippen molar-refractivity contribution in [2.75, 3.05) is 13.2 Å². The van der Waals surface area contributed by atoms with Gasteiger partial charge in [0.2, 0.25) is 0 Å². The Hall–Kier alpha value is -1.18. The Morgan fingerprint density at radius 1 is 0.215 bits per heavy atom. The number of hydrogen-bond acceptors (Lipinski definition) is 2. The maximum Gasteiger partial charge on any atom is 0.123 e. The topological polar surface area (TPSA) is 18.5 Å². The molecule has 0 atom stereocenters. The van der Waals surface area contributed by atoms with E-state index in [1.54, 1.807) is 0 Å². The Labute approximate surface area is 410 Å². The lowest BCUT2D eigenvalue weighted by molar-refractivity contribution is 0.289. The zero-order valence-electron chi connectivity index (χ0n) is 45.2. The van der Waals surface area contributed by atoms with Crippen LogP contribution in [0.1, 0.15) is 353 Å². The van der Waals surface area contributed by atoms with Crippen molar-refractivity contribution >= 4 is 0 Å². The smallest absolute Gasteiger partial charge is 0.123 e. The second-order valence-corrected chi connectivity index (χ2v) is 21.4. The van der Waals surface area contributed by atoms with Crippen LogP contribution < -0.4 is 9.47 Å². The highest BCUT2D eigenvalue weighted by Gasteiger charge is 2.03. The van der Waals surface area contributed by atoms with Crippen molar-refractivity contribution in [1.29, 1.82) is 0 Å². The summed E-state index contributed by atoms with van der Waals surface area (Å²) in [5.41, 5.74) is 1.23. The molecule has 384 valence electrons. The third-order valence-corrected chi connectivity index (χ3v) is 14.6. The van der Waals surface area contributed by atoms with Crippen LogP contribution in [0.4, 0.5) is 0 Å². The van der Waals surface area contributed by atoms with E-state index in [0.29, 0.717) is 0 Å². The predicted molar refractivity (Wildman–Crippen MR) is 294 cm³/mol. The van der Waals surface area contributed by atoms with Crippen LogP contribution in [0.5, 0.6) is 11.5 Å². The molecule has 0 amide bonds. The van der Waals surface area contributed by atoms with Gasteiger partial charge in [-0.05, 0) is 37.5 Å². The Kier molecular flexibility index (Phi) is 51.2. The van der Waals surface area contributed by atoms with Gasteiger partial charge in [0.15, 0.2) is 0 Å². The number of aryl methyl sites for hydroxylation is 1. The molecule has 0 aromatic heterocycles. The van der Waals surface area contributed by atoms with E-state index >= 15 is 0 Å². The Morgan fingerprint density at radius 3 is 0.538 bits per heavy atom. The summed E-state index contributed by atoms with van der Waals surface area (Å²) in [4.78, 5) is 0. The molecule has 0 radical (unpaired) electrons. The number of ether oxygens (including phenoxy) is 2. The third-order valence-electron chi connectivity index (χ3n) is 14.6. The van der Waals surface area contributed by atoms with Crippen LogP contribution in [0.15, 0.2) is 18.2 Å². The van der Waals surface area contributed by atoms with Gasteiger partial charge in [-0.3, -0.25) is 0 Å². The van der Waals surface area contributed by atoms with E-state index in [1.165, 1.54) is 327 Å². The molecular weight excluding hydrogens is 789 g/mol. The molecule has 0 aliphatic carbocycles. The quantitative estimate of drug-likeness (QED) is 0.0607. The first-order valence-electron chi connectivity index (χ1n) is 30.6. The minimum Gasteiger partial charge on any atom is -0.493 e. The Morgan fingerprint density at radius 2 is 0.369 bits per heavy atom. The van der Waals surface area contributed by atoms with Crippen molar-refractivity contribution in [2.24, 2.45) is 0 Å². The fourth-order valence-corrected chi connectivity index (χ4v) is 10.1. The zero-order chi connectivity index (χ0) is 46.5. The van der Waals surface area contributed by atoms with Gasteiger partial charge in [0, 0.05) is 6.07 Å². The number of hydrogen-bond donors (Lipinski definition) is 0. The minimum absolute atomic E-state index is 0.821. The SMILES string of the molecule is CCCCCCCCCCCCCCCCCCCCCCCCCCCCOc1cc(C)cc(OCCCCCCCCCCCCCCCCCCCCCCCCCCCC)c1. The molecule has 0 fully saturated rings. The molecule has 0 saturated heterocycles. The second-order valence-electron chi connectivity index (χ2n) is 21.4. The van der Waals surface area contributed by atoms with Gasteiger partial charge in [0.25, 0.3) is 0 Å². The fourth-order valence-electron chi connectivity index (χ4n) is 10.1. The molecule has 2 nitrogen and oxygen atoms in total. The van der Waals surface area contributed by atoms with E-state index in [2.05, 4.69) is 39.0 Å². The van der Waals surface area contributed by atoms with E-state index in [9.17, 15) is 0 Å². The first kappa shape index (κ1) is 61.8. The summed E-state index contributed by atoms with van der Waals surface area (Å²) in [6, 6.07) is 6.43. The number of rotatable bonds is 56. The number of unbranched alkanes of at least 4 members (excludes halogenated alkanes) is 50. The Balaban J connectivity index is 1.79. The predicted octanol–water partition coefficient (Wildman–Crippen LogP) is 23.1. The van der Waals surface area contributed by atoms with Crippen molar-refractivity contribution < 1.29 is 9.47 Å². The molecule has 0 heterocycles. The molecule has 1 aromatic carbocycles. The van der Waals surface area contributed by atoms with Crippen LogP contribution in [0.3, 0.4) is 0 Å². The van der Waals surface area contributed by atoms with Crippen LogP contribution >= 0.6 is 0 Å². The first-order chi connectivity index (χ1) is 32.3. The molecule has 65 heavy (non-hydrogen) atoms. The van der Waals surface area contributed by atoms with Crippen LogP contribution in [-0.2, 0) is 0 Å². The number of benzene rings is 1. The molecule has 1 rings (SSSR count). The zero-order valence-corrected chi connectivity index (χ0v) is 45.2. The van der Waals surface area contributed by atoms with Crippen LogP contribution in [-0.4, -0.2) is 13.2 Å². The van der Waals surface area contributed by atoms with Gasteiger partial charge in [0.05, 0.1) is 13.2 Å². The van der Waals surface area contributed by atoms with Crippen molar-refractivity contribution in [3.05, 3.63) is 23.8 Å². The largest absolute Gasteiger partial charge is 0.493 e. The highest BCUT2D eigenvalue weighted by atomic mass is 16.5. The van der Waals surface area contributed by atoms with Crippen LogP contribution in [0.2, 0.25) is 0 Å². The summed E-state index contributed by atoms with van der Waals surface area (Å²) in [7, 11) is 0. The van der Waals surface area contributed by atoms with Crippen molar-refractivity contribution in [1.82, 2.24) is 0 Å². The summed E-state index contributed by atoms with van der Waals surface area (Å²) in [5.74, 6) is 1.95. The molecular formula is C63H120O2. The summed E-state index contributed by atoms with van der Waals surface area (Å²) >= 11 is 0. The monoisotopic (exact) mass is 909 g/mol. The van der Waals surface area contributed by atoms with Gasteiger partial charge in [-0.1, -0.05) is 335 Å². The lowest BCUT2D eigenvalue weighted by Crippen LogP contribution is -2.00. The minimum atomic E-state index is 0.821. The summed E-state index contributed by atoms with van der Waals surface area (Å²) in [5, 5.41) is 0. The van der Waals surface area contributed by atoms with Gasteiger partial charge in [-0.2, -0.15) is 0 Å². The maximum absolute atomic E-state index is 6.16. The fraction of sp³-hybridized carbons (Fsp3) is 0.905. The lowest BCUT2D eigenvalue weighted by atomic mass is 10.0. The highest BCUT2D eigenvalue weighted by molar-refractivity contribution is 5.37. The second kappa shape index (κ2) is 53.8. The van der Waals surface area contributed by atoms with E-state index in [0.717, 1.165) is 37.6 Å². The van der Waals surface area contributed by atoms with Gasteiger partial charge in [-0.15, -0.1) is 0 Å². The van der Waals surface area contributed by atoms with Gasteiger partial charge < -0.3 is 9.47 Å². The summed E-state index contributed by atoms with van der Waals surface area (Å²) in [6.07, 6.45) is 74.6. The van der Waals surface area contributed by atoms with E-state index in [1.807, 2.05) is 0 Å². The van der Waals surface area contributed by atoms with E-state index in [-0.39, 0.29) is 0 Å². The normalized spacial score (nSPS) is 11.6. The van der Waals surface area contributed by atoms with Crippen molar-refractivity contribution in [3.8, 4) is 11.5 Å². The molecule has 0 N–H and O–H groups in total. The molecule has 0 spiro atoms. The van der Waals surface area contributed by atoms with Gasteiger partial charge in [-0.25, -0.2) is 0 Å². The molecule has 0 unspecified atom stereocenters. The highest BCUT2D eigenvalue weighted by Crippen LogP contribution is 2.24. The van der Waals surface area contributed by atoms with Gasteiger partial charge in [0.1, 0.15) is 11.5 Å². The third kappa shape index (κ3) is 49.1. The standard InChI is InChI=1S/C63H120O2/c1-4-6-8-10-12-14-16-18-20-22-24-26-28-30-32-34-36-38-40-42-44-46-48-50-52-54-56-64-62-58-61(3)59-63(60-62)65-57-55-53-51-49-47-45-43-41-39-37-35-33-31-29-27-25-23-21-19-17-15-13-11-9-7-5-2/h58-60H,4-57H2,1-3H3. The maximum atomic E-state index is 6.16. The molecule has 2 heteroatoms. The summed E-state index contributed by atoms with van der Waals surface area (Å²) < 4.78 is 12.3. The average molecular weight is 910 g/mol. The molecule has 0 bridgehead atoms. The van der Waals surface area contributed by atoms with E-state index < -0.39 is 0 Å². The van der Waals surface area contributed by atoms with Gasteiger partial charge >= 0.3 is 0 Å². The summed E-state index contributed by atoms with van der Waals surface area (Å²) in [6.45, 7) is 8.42. The first-order valence-corrected chi connectivity index (χ1v) is 30.6. The molecule has 1 aromatic rings.